The van der Waals surface area contributed by atoms with Crippen LogP contribution in [0.15, 0.2) is 22.7 Å². The Bertz CT molecular complexity index is 373. The molecule has 0 bridgehead atoms. The van der Waals surface area contributed by atoms with Gasteiger partial charge in [-0.3, -0.25) is 0 Å². The first-order valence-electron chi connectivity index (χ1n) is 6.93. The first-order chi connectivity index (χ1) is 9.19. The van der Waals surface area contributed by atoms with Gasteiger partial charge in [0.15, 0.2) is 0 Å². The number of nitrogens with one attached hydrogen (secondary N) is 1. The number of thioether (sulfide) groups is 1. The maximum Gasteiger partial charge on any atom is 0.137 e. The van der Waals surface area contributed by atoms with Crippen molar-refractivity contribution in [1.82, 2.24) is 5.32 Å². The number of halogens is 2. The van der Waals surface area contributed by atoms with Crippen molar-refractivity contribution >= 4 is 27.7 Å². The Balaban J connectivity index is 2.61. The standard InChI is InChI=1S/C15H23BrFNS/c1-3-8-18-13(11-19-9-4-2)10-12-6-5-7-14(17)15(12)16/h5-7,13,18H,3-4,8-11H2,1-2H3. The highest BCUT2D eigenvalue weighted by molar-refractivity contribution is 9.10. The Morgan fingerprint density at radius 3 is 2.79 bits per heavy atom. The predicted octanol–water partition coefficient (Wildman–Crippen LogP) is 4.64. The monoisotopic (exact) mass is 347 g/mol. The van der Waals surface area contributed by atoms with Crippen molar-refractivity contribution < 1.29 is 4.39 Å². The van der Waals surface area contributed by atoms with Gasteiger partial charge in [-0.1, -0.05) is 26.0 Å². The van der Waals surface area contributed by atoms with E-state index in [1.54, 1.807) is 6.07 Å². The van der Waals surface area contributed by atoms with Crippen molar-refractivity contribution in [3.05, 3.63) is 34.1 Å². The highest BCUT2D eigenvalue weighted by Gasteiger charge is 2.12. The molecular weight excluding hydrogens is 325 g/mol. The van der Waals surface area contributed by atoms with Crippen LogP contribution in [0.1, 0.15) is 32.3 Å². The van der Waals surface area contributed by atoms with Crippen molar-refractivity contribution in [3.63, 3.8) is 0 Å². The topological polar surface area (TPSA) is 12.0 Å². The Hall–Kier alpha value is -0.0600. The fraction of sp³-hybridized carbons (Fsp3) is 0.600. The lowest BCUT2D eigenvalue weighted by Crippen LogP contribution is -2.34. The van der Waals surface area contributed by atoms with E-state index in [1.807, 2.05) is 17.8 Å². The summed E-state index contributed by atoms with van der Waals surface area (Å²) < 4.78 is 14.1. The molecule has 4 heteroatoms. The van der Waals surface area contributed by atoms with Gasteiger partial charge in [0.25, 0.3) is 0 Å². The average Bonchev–Trinajstić information content (AvgIpc) is 2.41. The number of hydrogen-bond donors (Lipinski definition) is 1. The molecular formula is C15H23BrFNS. The molecule has 0 aliphatic carbocycles. The molecule has 0 saturated carbocycles. The van der Waals surface area contributed by atoms with Gasteiger partial charge >= 0.3 is 0 Å². The molecule has 1 atom stereocenters. The second kappa shape index (κ2) is 9.78. The van der Waals surface area contributed by atoms with Gasteiger partial charge in [-0.25, -0.2) is 4.39 Å². The van der Waals surface area contributed by atoms with E-state index in [0.29, 0.717) is 10.5 Å². The second-order valence-corrected chi connectivity index (χ2v) is 6.59. The van der Waals surface area contributed by atoms with Crippen LogP contribution < -0.4 is 5.32 Å². The summed E-state index contributed by atoms with van der Waals surface area (Å²) >= 11 is 5.32. The van der Waals surface area contributed by atoms with Gasteiger partial charge in [-0.05, 0) is 59.1 Å². The molecule has 1 nitrogen and oxygen atoms in total. The Kier molecular flexibility index (Phi) is 8.75. The first-order valence-corrected chi connectivity index (χ1v) is 8.87. The zero-order valence-electron chi connectivity index (χ0n) is 11.7. The number of benzene rings is 1. The van der Waals surface area contributed by atoms with E-state index >= 15 is 0 Å². The van der Waals surface area contributed by atoms with Crippen LogP contribution >= 0.6 is 27.7 Å². The van der Waals surface area contributed by atoms with Crippen LogP contribution in [-0.2, 0) is 6.42 Å². The molecule has 0 aliphatic rings. The number of rotatable bonds is 9. The molecule has 1 rings (SSSR count). The smallest absolute Gasteiger partial charge is 0.137 e. The molecule has 0 amide bonds. The molecule has 0 saturated heterocycles. The third-order valence-electron chi connectivity index (χ3n) is 2.85. The predicted molar refractivity (Wildman–Crippen MR) is 87.5 cm³/mol. The SMILES string of the molecule is CCCNC(CSCCC)Cc1cccc(F)c1Br. The van der Waals surface area contributed by atoms with Gasteiger partial charge in [0, 0.05) is 11.8 Å². The molecule has 1 N–H and O–H groups in total. The highest BCUT2D eigenvalue weighted by atomic mass is 79.9. The summed E-state index contributed by atoms with van der Waals surface area (Å²) in [4.78, 5) is 0. The summed E-state index contributed by atoms with van der Waals surface area (Å²) in [6, 6.07) is 5.69. The molecule has 0 radical (unpaired) electrons. The zero-order chi connectivity index (χ0) is 14.1. The summed E-state index contributed by atoms with van der Waals surface area (Å²) in [6.07, 6.45) is 3.20. The lowest BCUT2D eigenvalue weighted by atomic mass is 10.1. The minimum atomic E-state index is -0.173. The summed E-state index contributed by atoms with van der Waals surface area (Å²) in [5.74, 6) is 2.10. The minimum absolute atomic E-state index is 0.173. The van der Waals surface area contributed by atoms with E-state index in [-0.39, 0.29) is 5.82 Å². The largest absolute Gasteiger partial charge is 0.313 e. The van der Waals surface area contributed by atoms with Crippen LogP contribution in [0.25, 0.3) is 0 Å². The minimum Gasteiger partial charge on any atom is -0.313 e. The molecule has 0 fully saturated rings. The summed E-state index contributed by atoms with van der Waals surface area (Å²) in [5.41, 5.74) is 1.05. The zero-order valence-corrected chi connectivity index (χ0v) is 14.1. The van der Waals surface area contributed by atoms with Crippen molar-refractivity contribution in [3.8, 4) is 0 Å². The van der Waals surface area contributed by atoms with Crippen molar-refractivity contribution in [1.29, 1.82) is 0 Å². The van der Waals surface area contributed by atoms with E-state index < -0.39 is 0 Å². The number of hydrogen-bond acceptors (Lipinski definition) is 2. The van der Waals surface area contributed by atoms with E-state index in [4.69, 9.17) is 0 Å². The third kappa shape index (κ3) is 6.28. The quantitative estimate of drug-likeness (QED) is 0.653. The summed E-state index contributed by atoms with van der Waals surface area (Å²) in [5, 5.41) is 3.56. The lowest BCUT2D eigenvalue weighted by molar-refractivity contribution is 0.546. The Morgan fingerprint density at radius 2 is 2.11 bits per heavy atom. The molecule has 0 heterocycles. The van der Waals surface area contributed by atoms with E-state index in [1.165, 1.54) is 18.2 Å². The molecule has 108 valence electrons. The third-order valence-corrected chi connectivity index (χ3v) is 5.07. The van der Waals surface area contributed by atoms with E-state index in [9.17, 15) is 4.39 Å². The van der Waals surface area contributed by atoms with Gasteiger partial charge in [0.05, 0.1) is 4.47 Å². The Labute approximate surface area is 128 Å². The van der Waals surface area contributed by atoms with Crippen LogP contribution in [-0.4, -0.2) is 24.1 Å². The van der Waals surface area contributed by atoms with Crippen LogP contribution in [0.2, 0.25) is 0 Å². The van der Waals surface area contributed by atoms with E-state index in [0.717, 1.165) is 30.7 Å². The molecule has 0 aliphatic heterocycles. The fourth-order valence-electron chi connectivity index (χ4n) is 1.88. The molecule has 0 aromatic heterocycles. The van der Waals surface area contributed by atoms with Crippen LogP contribution in [0.5, 0.6) is 0 Å². The average molecular weight is 348 g/mol. The van der Waals surface area contributed by atoms with Crippen LogP contribution in [0.3, 0.4) is 0 Å². The second-order valence-electron chi connectivity index (χ2n) is 4.64. The van der Waals surface area contributed by atoms with Crippen LogP contribution in [0, 0.1) is 5.82 Å². The van der Waals surface area contributed by atoms with Crippen LogP contribution in [0.4, 0.5) is 4.39 Å². The van der Waals surface area contributed by atoms with Gasteiger partial charge < -0.3 is 5.32 Å². The molecule has 1 unspecified atom stereocenters. The Morgan fingerprint density at radius 1 is 1.32 bits per heavy atom. The van der Waals surface area contributed by atoms with Crippen molar-refractivity contribution in [2.24, 2.45) is 0 Å². The normalized spacial score (nSPS) is 12.6. The maximum atomic E-state index is 13.5. The first kappa shape index (κ1) is 17.0. The van der Waals surface area contributed by atoms with Gasteiger partial charge in [-0.15, -0.1) is 0 Å². The van der Waals surface area contributed by atoms with Gasteiger partial charge in [0.2, 0.25) is 0 Å². The molecule has 1 aromatic carbocycles. The molecule has 0 spiro atoms. The fourth-order valence-corrected chi connectivity index (χ4v) is 3.28. The van der Waals surface area contributed by atoms with E-state index in [2.05, 4.69) is 35.1 Å². The van der Waals surface area contributed by atoms with Crippen molar-refractivity contribution in [2.45, 2.75) is 39.2 Å². The maximum absolute atomic E-state index is 13.5. The van der Waals surface area contributed by atoms with Gasteiger partial charge in [-0.2, -0.15) is 11.8 Å². The lowest BCUT2D eigenvalue weighted by Gasteiger charge is -2.19. The molecule has 1 aromatic rings. The highest BCUT2D eigenvalue weighted by Crippen LogP contribution is 2.22. The molecule has 19 heavy (non-hydrogen) atoms. The van der Waals surface area contributed by atoms with Gasteiger partial charge in [0.1, 0.15) is 5.82 Å². The van der Waals surface area contributed by atoms with Crippen molar-refractivity contribution in [2.75, 3.05) is 18.1 Å². The summed E-state index contributed by atoms with van der Waals surface area (Å²) in [6.45, 7) is 5.39. The summed E-state index contributed by atoms with van der Waals surface area (Å²) in [7, 11) is 0.